The van der Waals surface area contributed by atoms with Crippen LogP contribution < -0.4 is 11.5 Å². The van der Waals surface area contributed by atoms with Crippen molar-refractivity contribution in [3.8, 4) is 0 Å². The van der Waals surface area contributed by atoms with Crippen molar-refractivity contribution < 1.29 is 27.1 Å². The summed E-state index contributed by atoms with van der Waals surface area (Å²) in [6.45, 7) is 9.70. The van der Waals surface area contributed by atoms with Gasteiger partial charge in [-0.2, -0.15) is 8.42 Å². The lowest BCUT2D eigenvalue weighted by Gasteiger charge is -1.81. The minimum atomic E-state index is -4.67. The molecule has 2 amide bonds. The first-order valence-corrected chi connectivity index (χ1v) is 5.29. The molecule has 0 aromatic carbocycles. The molecule has 0 fully saturated rings. The molecule has 0 spiro atoms. The zero-order chi connectivity index (χ0) is 14.8. The van der Waals surface area contributed by atoms with Gasteiger partial charge in [0.1, 0.15) is 0 Å². The van der Waals surface area contributed by atoms with E-state index in [0.717, 1.165) is 0 Å². The largest absolute Gasteiger partial charge is 0.394 e. The van der Waals surface area contributed by atoms with Crippen molar-refractivity contribution in [3.05, 3.63) is 24.3 Å². The monoisotopic (exact) mass is 268 g/mol. The Kier molecular flexibility index (Phi) is 11.6. The lowest BCUT2D eigenvalue weighted by molar-refractivity contribution is -0.115. The standard InChI is InChI=1S/2C4H7NO.H2O4S/c2*1-3(2)4(5)6;1-5(2,3)4/h2*1H2,2H3,(H2,5,6);(H2,1,2,3,4). The van der Waals surface area contributed by atoms with Crippen LogP contribution in [0.15, 0.2) is 24.3 Å². The normalized spacial score (nSPS) is 8.71. The van der Waals surface area contributed by atoms with Crippen molar-refractivity contribution in [2.24, 2.45) is 11.5 Å². The zero-order valence-corrected chi connectivity index (χ0v) is 10.3. The number of carbonyl (C=O) groups excluding carboxylic acids is 2. The Labute approximate surface area is 99.6 Å². The van der Waals surface area contributed by atoms with Crippen LogP contribution in [-0.2, 0) is 20.0 Å². The summed E-state index contributed by atoms with van der Waals surface area (Å²) in [6, 6.07) is 0. The van der Waals surface area contributed by atoms with E-state index in [4.69, 9.17) is 29.0 Å². The van der Waals surface area contributed by atoms with Gasteiger partial charge in [-0.1, -0.05) is 13.2 Å². The Morgan fingerprint density at radius 1 is 0.941 bits per heavy atom. The molecule has 0 unspecified atom stereocenters. The molecule has 0 radical (unpaired) electrons. The van der Waals surface area contributed by atoms with Gasteiger partial charge in [0.15, 0.2) is 0 Å². The number of rotatable bonds is 2. The molecule has 9 heteroatoms. The maximum absolute atomic E-state index is 9.82. The van der Waals surface area contributed by atoms with Crippen molar-refractivity contribution >= 4 is 22.2 Å². The van der Waals surface area contributed by atoms with Gasteiger partial charge in [0.2, 0.25) is 11.8 Å². The molecule has 0 rings (SSSR count). The second-order valence-electron chi connectivity index (χ2n) is 2.74. The van der Waals surface area contributed by atoms with Crippen molar-refractivity contribution in [1.29, 1.82) is 0 Å². The molecular weight excluding hydrogens is 252 g/mol. The summed E-state index contributed by atoms with van der Waals surface area (Å²) in [5.41, 5.74) is 10.2. The maximum atomic E-state index is 9.82. The van der Waals surface area contributed by atoms with Crippen LogP contribution in [0.4, 0.5) is 0 Å². The van der Waals surface area contributed by atoms with E-state index in [0.29, 0.717) is 11.1 Å². The molecule has 0 atom stereocenters. The van der Waals surface area contributed by atoms with E-state index in [9.17, 15) is 9.59 Å². The van der Waals surface area contributed by atoms with Crippen LogP contribution in [0.2, 0.25) is 0 Å². The average molecular weight is 268 g/mol. The Morgan fingerprint density at radius 3 is 1.00 bits per heavy atom. The molecule has 17 heavy (non-hydrogen) atoms. The minimum absolute atomic E-state index is 0.398. The summed E-state index contributed by atoms with van der Waals surface area (Å²) in [5, 5.41) is 0. The molecule has 0 saturated carbocycles. The topological polar surface area (TPSA) is 161 Å². The maximum Gasteiger partial charge on any atom is 0.394 e. The molecule has 0 aliphatic carbocycles. The van der Waals surface area contributed by atoms with Crippen molar-refractivity contribution in [1.82, 2.24) is 0 Å². The summed E-state index contributed by atoms with van der Waals surface area (Å²) >= 11 is 0. The van der Waals surface area contributed by atoms with Gasteiger partial charge in [-0.05, 0) is 13.8 Å². The van der Waals surface area contributed by atoms with Crippen molar-refractivity contribution in [3.63, 3.8) is 0 Å². The number of hydrogen-bond acceptors (Lipinski definition) is 4. The van der Waals surface area contributed by atoms with E-state index in [2.05, 4.69) is 13.2 Å². The second-order valence-corrected chi connectivity index (χ2v) is 3.63. The lowest BCUT2D eigenvalue weighted by atomic mass is 10.3. The van der Waals surface area contributed by atoms with Gasteiger partial charge < -0.3 is 11.5 Å². The third kappa shape index (κ3) is 54.6. The molecule has 0 aromatic heterocycles. The Hall–Kier alpha value is -1.71. The zero-order valence-electron chi connectivity index (χ0n) is 9.50. The molecule has 0 heterocycles. The van der Waals surface area contributed by atoms with Crippen molar-refractivity contribution in [2.45, 2.75) is 13.8 Å². The van der Waals surface area contributed by atoms with Crippen molar-refractivity contribution in [2.75, 3.05) is 0 Å². The van der Waals surface area contributed by atoms with Crippen LogP contribution in [0.3, 0.4) is 0 Å². The number of primary amides is 2. The van der Waals surface area contributed by atoms with Crippen LogP contribution in [0.25, 0.3) is 0 Å². The fourth-order valence-electron chi connectivity index (χ4n) is 0. The highest BCUT2D eigenvalue weighted by molar-refractivity contribution is 7.79. The molecule has 100 valence electrons. The van der Waals surface area contributed by atoms with Gasteiger partial charge >= 0.3 is 10.4 Å². The first-order valence-electron chi connectivity index (χ1n) is 3.89. The number of hydrogen-bond donors (Lipinski definition) is 4. The van der Waals surface area contributed by atoms with Crippen LogP contribution in [0.1, 0.15) is 13.8 Å². The van der Waals surface area contributed by atoms with Gasteiger partial charge in [0.25, 0.3) is 0 Å². The molecule has 6 N–H and O–H groups in total. The Morgan fingerprint density at radius 2 is 1.00 bits per heavy atom. The van der Waals surface area contributed by atoms with Crippen LogP contribution in [0.5, 0.6) is 0 Å². The third-order valence-electron chi connectivity index (χ3n) is 0.841. The summed E-state index contributed by atoms with van der Waals surface area (Å²) in [6.07, 6.45) is 0. The fourth-order valence-corrected chi connectivity index (χ4v) is 0. The molecule has 0 aliphatic heterocycles. The van der Waals surface area contributed by atoms with E-state index in [1.807, 2.05) is 0 Å². The number of carbonyl (C=O) groups is 2. The number of amides is 2. The molecule has 8 nitrogen and oxygen atoms in total. The van der Waals surface area contributed by atoms with E-state index < -0.39 is 22.2 Å². The van der Waals surface area contributed by atoms with E-state index >= 15 is 0 Å². The van der Waals surface area contributed by atoms with E-state index in [1.165, 1.54) is 0 Å². The minimum Gasteiger partial charge on any atom is -0.366 e. The highest BCUT2D eigenvalue weighted by Gasteiger charge is 1.87. The van der Waals surface area contributed by atoms with Crippen LogP contribution in [0, 0.1) is 0 Å². The highest BCUT2D eigenvalue weighted by Crippen LogP contribution is 1.78. The molecule has 0 bridgehead atoms. The lowest BCUT2D eigenvalue weighted by Crippen LogP contribution is -2.10. The fraction of sp³-hybridized carbons (Fsp3) is 0.250. The Bertz CT molecular complexity index is 342. The molecule has 0 aromatic rings. The second kappa shape index (κ2) is 9.51. The van der Waals surface area contributed by atoms with Crippen LogP contribution in [-0.4, -0.2) is 29.3 Å². The molecule has 0 aliphatic rings. The summed E-state index contributed by atoms with van der Waals surface area (Å²) < 4.78 is 31.6. The van der Waals surface area contributed by atoms with Gasteiger partial charge in [-0.15, -0.1) is 0 Å². The molecule has 0 saturated heterocycles. The molecular formula is C8H16N2O6S. The predicted molar refractivity (Wildman–Crippen MR) is 62.2 cm³/mol. The summed E-state index contributed by atoms with van der Waals surface area (Å²) in [7, 11) is -4.67. The quantitative estimate of drug-likeness (QED) is 0.387. The van der Waals surface area contributed by atoms with Gasteiger partial charge in [-0.25, -0.2) is 0 Å². The third-order valence-corrected chi connectivity index (χ3v) is 0.841. The predicted octanol–water partition coefficient (Wildman–Crippen LogP) is -0.557. The smallest absolute Gasteiger partial charge is 0.366 e. The van der Waals surface area contributed by atoms with Gasteiger partial charge in [0.05, 0.1) is 0 Å². The summed E-state index contributed by atoms with van der Waals surface area (Å²) in [5.74, 6) is -0.870. The first-order chi connectivity index (χ1) is 7.29. The highest BCUT2D eigenvalue weighted by atomic mass is 32.3. The Balaban J connectivity index is -0.000000174. The number of nitrogens with two attached hydrogens (primary N) is 2. The van der Waals surface area contributed by atoms with Gasteiger partial charge in [-0.3, -0.25) is 18.7 Å². The van der Waals surface area contributed by atoms with E-state index in [-0.39, 0.29) is 0 Å². The van der Waals surface area contributed by atoms with Crippen LogP contribution >= 0.6 is 0 Å². The SMILES string of the molecule is C=C(C)C(N)=O.C=C(C)C(N)=O.O=S(=O)(O)O. The average Bonchev–Trinajstić information content (AvgIpc) is 2.01. The van der Waals surface area contributed by atoms with E-state index in [1.54, 1.807) is 13.8 Å². The summed E-state index contributed by atoms with van der Waals surface area (Å²) in [4.78, 5) is 19.6. The first kappa shape index (κ1) is 20.7. The van der Waals surface area contributed by atoms with Gasteiger partial charge in [0, 0.05) is 11.1 Å².